The van der Waals surface area contributed by atoms with Gasteiger partial charge in [0.05, 0.1) is 18.4 Å². The van der Waals surface area contributed by atoms with Crippen LogP contribution < -0.4 is 4.74 Å². The van der Waals surface area contributed by atoms with Crippen LogP contribution in [0.2, 0.25) is 0 Å². The molecule has 88 valence electrons. The highest BCUT2D eigenvalue weighted by molar-refractivity contribution is 5.35. The number of nitrogens with zero attached hydrogens (tertiary/aromatic N) is 3. The van der Waals surface area contributed by atoms with E-state index in [4.69, 9.17) is 4.74 Å². The second-order valence-electron chi connectivity index (χ2n) is 4.58. The van der Waals surface area contributed by atoms with Gasteiger partial charge in [-0.15, -0.1) is 0 Å². The molecule has 0 saturated carbocycles. The van der Waals surface area contributed by atoms with E-state index < -0.39 is 0 Å². The maximum absolute atomic E-state index is 5.82. The zero-order valence-corrected chi connectivity index (χ0v) is 10.1. The highest BCUT2D eigenvalue weighted by atomic mass is 16.5. The van der Waals surface area contributed by atoms with Crippen LogP contribution in [-0.4, -0.2) is 14.8 Å². The van der Waals surface area contributed by atoms with Crippen molar-refractivity contribution in [2.75, 3.05) is 0 Å². The molecule has 1 aliphatic heterocycles. The van der Waals surface area contributed by atoms with Crippen LogP contribution in [0.1, 0.15) is 31.2 Å². The fraction of sp³-hybridized carbons (Fsp3) is 0.385. The first-order chi connectivity index (χ1) is 8.24. The maximum atomic E-state index is 5.82. The second-order valence-corrected chi connectivity index (χ2v) is 4.58. The van der Waals surface area contributed by atoms with Crippen molar-refractivity contribution >= 4 is 0 Å². The van der Waals surface area contributed by atoms with E-state index in [0.717, 1.165) is 36.0 Å². The van der Waals surface area contributed by atoms with Crippen molar-refractivity contribution in [3.63, 3.8) is 0 Å². The van der Waals surface area contributed by atoms with Crippen LogP contribution in [-0.2, 0) is 13.0 Å². The summed E-state index contributed by atoms with van der Waals surface area (Å²) in [6.45, 7) is 5.12. The average molecular weight is 229 g/mol. The summed E-state index contributed by atoms with van der Waals surface area (Å²) in [7, 11) is 0. The molecule has 1 aliphatic rings. The Morgan fingerprint density at radius 3 is 3.00 bits per heavy atom. The number of aromatic nitrogens is 3. The Morgan fingerprint density at radius 1 is 1.29 bits per heavy atom. The number of pyridine rings is 1. The van der Waals surface area contributed by atoms with Gasteiger partial charge < -0.3 is 4.74 Å². The molecule has 0 bridgehead atoms. The summed E-state index contributed by atoms with van der Waals surface area (Å²) in [5, 5.41) is 4.22. The van der Waals surface area contributed by atoms with E-state index in [9.17, 15) is 0 Å². The van der Waals surface area contributed by atoms with Crippen LogP contribution in [0.5, 0.6) is 11.6 Å². The number of hydrogen-bond donors (Lipinski definition) is 0. The smallest absolute Gasteiger partial charge is 0.217 e. The van der Waals surface area contributed by atoms with Gasteiger partial charge in [-0.1, -0.05) is 13.8 Å². The van der Waals surface area contributed by atoms with Crippen LogP contribution in [0, 0.1) is 0 Å². The monoisotopic (exact) mass is 229 g/mol. The summed E-state index contributed by atoms with van der Waals surface area (Å²) < 4.78 is 7.69. The normalized spacial score (nSPS) is 13.8. The molecular weight excluding hydrogens is 214 g/mol. The molecule has 0 amide bonds. The highest BCUT2D eigenvalue weighted by Crippen LogP contribution is 2.29. The number of fused-ring (bicyclic) bond motifs is 2. The van der Waals surface area contributed by atoms with Gasteiger partial charge in [-0.2, -0.15) is 5.10 Å². The van der Waals surface area contributed by atoms with Crippen LogP contribution in [0.25, 0.3) is 0 Å². The zero-order chi connectivity index (χ0) is 11.8. The van der Waals surface area contributed by atoms with Crippen LogP contribution in [0.15, 0.2) is 24.4 Å². The molecule has 2 aromatic heterocycles. The molecule has 0 fully saturated rings. The van der Waals surface area contributed by atoms with E-state index in [1.54, 1.807) is 6.20 Å². The molecule has 0 unspecified atom stereocenters. The lowest BCUT2D eigenvalue weighted by atomic mass is 10.1. The molecule has 0 N–H and O–H groups in total. The number of aryl methyl sites for hydroxylation is 2. The van der Waals surface area contributed by atoms with Gasteiger partial charge in [0.25, 0.3) is 0 Å². The topological polar surface area (TPSA) is 39.9 Å². The molecule has 3 heterocycles. The largest absolute Gasteiger partial charge is 0.437 e. The van der Waals surface area contributed by atoms with Gasteiger partial charge in [0.1, 0.15) is 0 Å². The molecule has 0 saturated heterocycles. The van der Waals surface area contributed by atoms with E-state index in [1.807, 2.05) is 22.9 Å². The van der Waals surface area contributed by atoms with E-state index in [1.165, 1.54) is 0 Å². The standard InChI is InChI=1S/C13H15N3O/c1-9(2)10-3-4-12-11(15-10)6-8-16-13(17-12)5-7-14-16/h3-5,7,9H,6,8H2,1-2H3. The minimum atomic E-state index is 0.445. The third-order valence-electron chi connectivity index (χ3n) is 3.00. The Kier molecular flexibility index (Phi) is 2.35. The molecule has 4 heteroatoms. The van der Waals surface area contributed by atoms with Crippen molar-refractivity contribution in [1.82, 2.24) is 14.8 Å². The van der Waals surface area contributed by atoms with Crippen molar-refractivity contribution in [2.45, 2.75) is 32.7 Å². The molecule has 0 aromatic carbocycles. The Hall–Kier alpha value is -1.84. The fourth-order valence-electron chi connectivity index (χ4n) is 2.00. The van der Waals surface area contributed by atoms with Crippen molar-refractivity contribution in [3.05, 3.63) is 35.8 Å². The van der Waals surface area contributed by atoms with Crippen molar-refractivity contribution in [1.29, 1.82) is 0 Å². The van der Waals surface area contributed by atoms with E-state index in [0.29, 0.717) is 5.92 Å². The molecular formula is C13H15N3O. The van der Waals surface area contributed by atoms with Crippen LogP contribution in [0.3, 0.4) is 0 Å². The molecule has 0 atom stereocenters. The van der Waals surface area contributed by atoms with E-state index in [-0.39, 0.29) is 0 Å². The molecule has 0 aliphatic carbocycles. The van der Waals surface area contributed by atoms with Crippen molar-refractivity contribution in [3.8, 4) is 11.6 Å². The Balaban J connectivity index is 2.01. The van der Waals surface area contributed by atoms with Crippen LogP contribution >= 0.6 is 0 Å². The van der Waals surface area contributed by atoms with Crippen LogP contribution in [0.4, 0.5) is 0 Å². The lowest BCUT2D eigenvalue weighted by molar-refractivity contribution is 0.427. The van der Waals surface area contributed by atoms with Gasteiger partial charge in [0.2, 0.25) is 5.88 Å². The predicted molar refractivity (Wildman–Crippen MR) is 64.3 cm³/mol. The van der Waals surface area contributed by atoms with E-state index in [2.05, 4.69) is 23.9 Å². The quantitative estimate of drug-likeness (QED) is 0.754. The van der Waals surface area contributed by atoms with Gasteiger partial charge in [-0.05, 0) is 18.1 Å². The lowest BCUT2D eigenvalue weighted by Crippen LogP contribution is -2.02. The first-order valence-electron chi connectivity index (χ1n) is 5.93. The molecule has 0 radical (unpaired) electrons. The summed E-state index contributed by atoms with van der Waals surface area (Å²) in [4.78, 5) is 4.67. The predicted octanol–water partition coefficient (Wildman–Crippen LogP) is 2.75. The van der Waals surface area contributed by atoms with Gasteiger partial charge >= 0.3 is 0 Å². The Morgan fingerprint density at radius 2 is 2.18 bits per heavy atom. The van der Waals surface area contributed by atoms with Gasteiger partial charge in [0, 0.05) is 18.2 Å². The third kappa shape index (κ3) is 1.79. The molecule has 3 rings (SSSR count). The number of ether oxygens (including phenoxy) is 1. The summed E-state index contributed by atoms with van der Waals surface area (Å²) in [6, 6.07) is 5.93. The minimum Gasteiger partial charge on any atom is -0.437 e. The maximum Gasteiger partial charge on any atom is 0.217 e. The second kappa shape index (κ2) is 3.87. The molecule has 2 aromatic rings. The summed E-state index contributed by atoms with van der Waals surface area (Å²) in [5.74, 6) is 2.09. The average Bonchev–Trinajstić information content (AvgIpc) is 2.68. The van der Waals surface area contributed by atoms with Crippen molar-refractivity contribution in [2.24, 2.45) is 0 Å². The fourth-order valence-corrected chi connectivity index (χ4v) is 2.00. The van der Waals surface area contributed by atoms with Gasteiger partial charge in [-0.3, -0.25) is 4.98 Å². The summed E-state index contributed by atoms with van der Waals surface area (Å²) in [5.41, 5.74) is 2.15. The SMILES string of the molecule is CC(C)c1ccc2c(n1)CCn1nccc1O2. The van der Waals surface area contributed by atoms with Gasteiger partial charge in [0.15, 0.2) is 5.75 Å². The van der Waals surface area contributed by atoms with Crippen molar-refractivity contribution < 1.29 is 4.74 Å². The highest BCUT2D eigenvalue weighted by Gasteiger charge is 2.16. The lowest BCUT2D eigenvalue weighted by Gasteiger charge is -2.09. The molecule has 4 nitrogen and oxygen atoms in total. The summed E-state index contributed by atoms with van der Waals surface area (Å²) in [6.07, 6.45) is 2.63. The summed E-state index contributed by atoms with van der Waals surface area (Å²) >= 11 is 0. The zero-order valence-electron chi connectivity index (χ0n) is 10.1. The Labute approximate surface area is 100 Å². The first kappa shape index (κ1) is 10.3. The number of rotatable bonds is 1. The molecule has 0 spiro atoms. The molecule has 17 heavy (non-hydrogen) atoms. The van der Waals surface area contributed by atoms with Gasteiger partial charge in [-0.25, -0.2) is 4.68 Å². The number of hydrogen-bond acceptors (Lipinski definition) is 3. The Bertz CT molecular complexity index is 545. The third-order valence-corrected chi connectivity index (χ3v) is 3.00. The first-order valence-corrected chi connectivity index (χ1v) is 5.93. The van der Waals surface area contributed by atoms with E-state index >= 15 is 0 Å². The minimum absolute atomic E-state index is 0.445.